The molecule has 0 unspecified atom stereocenters. The molecule has 0 amide bonds. The number of hydrogen-bond donors (Lipinski definition) is 0. The topological polar surface area (TPSA) is 76.1 Å². The maximum Gasteiger partial charge on any atom is 0.338 e. The van der Waals surface area contributed by atoms with Crippen molar-refractivity contribution in [3.05, 3.63) is 53.0 Å². The Labute approximate surface area is 178 Å². The first-order valence-corrected chi connectivity index (χ1v) is 10.4. The molecule has 1 aromatic heterocycles. The van der Waals surface area contributed by atoms with E-state index in [1.54, 1.807) is 25.3 Å². The van der Waals surface area contributed by atoms with Crippen LogP contribution in [0.25, 0.3) is 10.6 Å². The van der Waals surface area contributed by atoms with E-state index in [0.29, 0.717) is 54.1 Å². The maximum absolute atomic E-state index is 12.4. The van der Waals surface area contributed by atoms with Gasteiger partial charge in [0.25, 0.3) is 0 Å². The third kappa shape index (κ3) is 4.33. The van der Waals surface area contributed by atoms with Crippen LogP contribution in [0.4, 0.5) is 0 Å². The average molecular weight is 427 g/mol. The standard InChI is InChI=1S/C22H21NO6S/c1-3-26-17-6-4-14(10-19(17)25-2)21-23-16(13-30-21)12-29-22(24)15-5-7-18-20(11-15)28-9-8-27-18/h4-7,10-11,13H,3,8-9,12H2,1-2H3. The number of aromatic nitrogens is 1. The van der Waals surface area contributed by atoms with Crippen LogP contribution in [0.15, 0.2) is 41.8 Å². The van der Waals surface area contributed by atoms with E-state index in [9.17, 15) is 4.79 Å². The van der Waals surface area contributed by atoms with Gasteiger partial charge in [0.2, 0.25) is 0 Å². The summed E-state index contributed by atoms with van der Waals surface area (Å²) in [6.45, 7) is 3.53. The molecule has 0 fully saturated rings. The molecule has 0 radical (unpaired) electrons. The zero-order valence-corrected chi connectivity index (χ0v) is 17.5. The van der Waals surface area contributed by atoms with Crippen molar-refractivity contribution in [2.75, 3.05) is 26.9 Å². The van der Waals surface area contributed by atoms with Gasteiger partial charge in [-0.2, -0.15) is 0 Å². The summed E-state index contributed by atoms with van der Waals surface area (Å²) in [7, 11) is 1.60. The fraction of sp³-hybridized carbons (Fsp3) is 0.273. The fourth-order valence-corrected chi connectivity index (χ4v) is 3.78. The van der Waals surface area contributed by atoms with Gasteiger partial charge < -0.3 is 23.7 Å². The molecule has 0 saturated heterocycles. The van der Waals surface area contributed by atoms with E-state index in [2.05, 4.69) is 4.98 Å². The van der Waals surface area contributed by atoms with E-state index in [4.69, 9.17) is 23.7 Å². The van der Waals surface area contributed by atoms with Crippen LogP contribution in [-0.4, -0.2) is 37.9 Å². The first-order valence-electron chi connectivity index (χ1n) is 9.50. The van der Waals surface area contributed by atoms with E-state index < -0.39 is 5.97 Å². The average Bonchev–Trinajstić information content (AvgIpc) is 3.26. The third-order valence-corrected chi connectivity index (χ3v) is 5.33. The highest BCUT2D eigenvalue weighted by Crippen LogP contribution is 2.34. The molecule has 3 aromatic rings. The quantitative estimate of drug-likeness (QED) is 0.519. The molecule has 4 rings (SSSR count). The van der Waals surface area contributed by atoms with Gasteiger partial charge in [0, 0.05) is 10.9 Å². The minimum Gasteiger partial charge on any atom is -0.493 e. The Kier molecular flexibility index (Phi) is 6.04. The van der Waals surface area contributed by atoms with Crippen molar-refractivity contribution in [1.82, 2.24) is 4.98 Å². The van der Waals surface area contributed by atoms with Crippen LogP contribution < -0.4 is 18.9 Å². The second-order valence-corrected chi connectivity index (χ2v) is 7.24. The largest absolute Gasteiger partial charge is 0.493 e. The molecule has 0 bridgehead atoms. The van der Waals surface area contributed by atoms with Gasteiger partial charge in [-0.3, -0.25) is 0 Å². The Balaban J connectivity index is 1.42. The molecule has 0 aliphatic carbocycles. The number of benzene rings is 2. The van der Waals surface area contributed by atoms with Crippen LogP contribution in [0.3, 0.4) is 0 Å². The number of fused-ring (bicyclic) bond motifs is 1. The molecule has 156 valence electrons. The van der Waals surface area contributed by atoms with E-state index in [1.165, 1.54) is 11.3 Å². The molecule has 0 spiro atoms. The number of carbonyl (C=O) groups excluding carboxylic acids is 1. The Morgan fingerprint density at radius 2 is 1.93 bits per heavy atom. The molecule has 0 N–H and O–H groups in total. The number of hydrogen-bond acceptors (Lipinski definition) is 8. The molecule has 0 atom stereocenters. The van der Waals surface area contributed by atoms with Gasteiger partial charge in [-0.25, -0.2) is 9.78 Å². The van der Waals surface area contributed by atoms with E-state index in [1.807, 2.05) is 30.5 Å². The summed E-state index contributed by atoms with van der Waals surface area (Å²) in [5.41, 5.74) is 1.99. The van der Waals surface area contributed by atoms with Gasteiger partial charge in [0.15, 0.2) is 23.0 Å². The summed E-state index contributed by atoms with van der Waals surface area (Å²) < 4.78 is 27.3. The normalized spacial score (nSPS) is 12.3. The minimum absolute atomic E-state index is 0.0813. The molecule has 30 heavy (non-hydrogen) atoms. The lowest BCUT2D eigenvalue weighted by atomic mass is 10.2. The number of rotatable bonds is 7. The highest BCUT2D eigenvalue weighted by Gasteiger charge is 2.16. The maximum atomic E-state index is 12.4. The molecular weight excluding hydrogens is 406 g/mol. The van der Waals surface area contributed by atoms with Crippen molar-refractivity contribution < 1.29 is 28.5 Å². The van der Waals surface area contributed by atoms with Crippen molar-refractivity contribution in [2.45, 2.75) is 13.5 Å². The lowest BCUT2D eigenvalue weighted by Crippen LogP contribution is -2.16. The van der Waals surface area contributed by atoms with Crippen molar-refractivity contribution in [3.8, 4) is 33.6 Å². The Bertz CT molecular complexity index is 1050. The van der Waals surface area contributed by atoms with Gasteiger partial charge in [-0.15, -0.1) is 11.3 Å². The summed E-state index contributed by atoms with van der Waals surface area (Å²) in [5, 5.41) is 2.68. The zero-order chi connectivity index (χ0) is 20.9. The van der Waals surface area contributed by atoms with Crippen LogP contribution in [-0.2, 0) is 11.3 Å². The molecule has 8 heteroatoms. The van der Waals surface area contributed by atoms with Crippen molar-refractivity contribution >= 4 is 17.3 Å². The summed E-state index contributed by atoms with van der Waals surface area (Å²) >= 11 is 1.47. The predicted molar refractivity (Wildman–Crippen MR) is 112 cm³/mol. The fourth-order valence-electron chi connectivity index (χ4n) is 2.97. The van der Waals surface area contributed by atoms with Crippen LogP contribution in [0.1, 0.15) is 23.0 Å². The Morgan fingerprint density at radius 3 is 2.73 bits per heavy atom. The molecular formula is C22H21NO6S. The lowest BCUT2D eigenvalue weighted by Gasteiger charge is -2.18. The molecule has 1 aliphatic rings. The highest BCUT2D eigenvalue weighted by molar-refractivity contribution is 7.13. The van der Waals surface area contributed by atoms with Crippen LogP contribution in [0.2, 0.25) is 0 Å². The number of ether oxygens (including phenoxy) is 5. The van der Waals surface area contributed by atoms with Gasteiger partial charge >= 0.3 is 5.97 Å². The lowest BCUT2D eigenvalue weighted by molar-refractivity contribution is 0.0467. The molecule has 0 saturated carbocycles. The predicted octanol–water partition coefficient (Wildman–Crippen LogP) is 4.35. The van der Waals surface area contributed by atoms with Crippen molar-refractivity contribution in [1.29, 1.82) is 0 Å². The van der Waals surface area contributed by atoms with Crippen LogP contribution >= 0.6 is 11.3 Å². The second kappa shape index (κ2) is 9.04. The summed E-state index contributed by atoms with van der Waals surface area (Å²) in [6, 6.07) is 10.7. The zero-order valence-electron chi connectivity index (χ0n) is 16.7. The number of thiazole rings is 1. The van der Waals surface area contributed by atoms with Crippen LogP contribution in [0.5, 0.6) is 23.0 Å². The Morgan fingerprint density at radius 1 is 1.10 bits per heavy atom. The molecule has 2 heterocycles. The Hall–Kier alpha value is -3.26. The van der Waals surface area contributed by atoms with E-state index >= 15 is 0 Å². The number of nitrogens with zero attached hydrogens (tertiary/aromatic N) is 1. The molecule has 7 nitrogen and oxygen atoms in total. The van der Waals surface area contributed by atoms with Gasteiger partial charge in [-0.05, 0) is 43.3 Å². The van der Waals surface area contributed by atoms with E-state index in [-0.39, 0.29) is 6.61 Å². The second-order valence-electron chi connectivity index (χ2n) is 6.38. The monoisotopic (exact) mass is 427 g/mol. The first kappa shape index (κ1) is 20.0. The smallest absolute Gasteiger partial charge is 0.338 e. The van der Waals surface area contributed by atoms with Crippen LogP contribution in [0, 0.1) is 0 Å². The van der Waals surface area contributed by atoms with Crippen molar-refractivity contribution in [3.63, 3.8) is 0 Å². The highest BCUT2D eigenvalue weighted by atomic mass is 32.1. The SMILES string of the molecule is CCOc1ccc(-c2nc(COC(=O)c3ccc4c(c3)OCCO4)cs2)cc1OC. The first-order chi connectivity index (χ1) is 14.7. The summed E-state index contributed by atoms with van der Waals surface area (Å²) in [4.78, 5) is 17.0. The molecule has 1 aliphatic heterocycles. The minimum atomic E-state index is -0.440. The van der Waals surface area contributed by atoms with Gasteiger partial charge in [0.05, 0.1) is 25.0 Å². The van der Waals surface area contributed by atoms with Gasteiger partial charge in [-0.1, -0.05) is 0 Å². The third-order valence-electron chi connectivity index (χ3n) is 4.39. The molecule has 2 aromatic carbocycles. The number of methoxy groups -OCH3 is 1. The number of carbonyl (C=O) groups is 1. The van der Waals surface area contributed by atoms with Crippen molar-refractivity contribution in [2.24, 2.45) is 0 Å². The summed E-state index contributed by atoms with van der Waals surface area (Å²) in [6.07, 6.45) is 0. The van der Waals surface area contributed by atoms with E-state index in [0.717, 1.165) is 10.6 Å². The van der Waals surface area contributed by atoms with Gasteiger partial charge in [0.1, 0.15) is 24.8 Å². The summed E-state index contributed by atoms with van der Waals surface area (Å²) in [5.74, 6) is 2.08. The number of esters is 1.